The smallest absolute Gasteiger partial charge is 0.260 e. The molecule has 4 aromatic rings. The van der Waals surface area contributed by atoms with Gasteiger partial charge in [-0.3, -0.25) is 34.3 Å². The molecule has 6 atom stereocenters. The molecule has 53 heavy (non-hydrogen) atoms. The van der Waals surface area contributed by atoms with Crippen LogP contribution >= 0.6 is 11.6 Å². The minimum Gasteiger partial charge on any atom is -0.507 e. The van der Waals surface area contributed by atoms with Crippen LogP contribution in [-0.2, 0) is 24.6 Å². The van der Waals surface area contributed by atoms with Crippen molar-refractivity contribution in [2.75, 3.05) is 10.3 Å². The van der Waals surface area contributed by atoms with Crippen LogP contribution in [0.5, 0.6) is 5.75 Å². The van der Waals surface area contributed by atoms with Crippen molar-refractivity contribution in [3.8, 4) is 5.75 Å². The molecule has 2 heterocycles. The average molecular weight is 732 g/mol. The van der Waals surface area contributed by atoms with Gasteiger partial charge in [0.05, 0.1) is 34.5 Å². The second kappa shape index (κ2) is 12.5. The van der Waals surface area contributed by atoms with Crippen molar-refractivity contribution < 1.29 is 33.5 Å². The van der Waals surface area contributed by atoms with Crippen LogP contribution in [0.15, 0.2) is 96.6 Å². The lowest BCUT2D eigenvalue weighted by Crippen LogP contribution is -2.53. The standard InChI is InChI=1S/C42H35ClFN3O6/c1-21-18-25(19-22(2)37(21)49)36-31-16-17-32-35(40(52)46(38(32)50)30-14-4-24(5-15-30)23(3)48)33(31)20-34-39(51)47(45-29-12-10-28(44)11-13-29)41(53)42(34,36)26-6-8-27(43)9-7-26/h4-16,18-19,32-36,45,49H,17,20H2,1-3H3/t32-,33+,34-,35-,36-,42+/m0/s1. The van der Waals surface area contributed by atoms with E-state index in [9.17, 15) is 28.7 Å². The number of phenolic OH excluding ortho intramolecular Hbond substituents is 1. The minimum absolute atomic E-state index is 0.0878. The summed E-state index contributed by atoms with van der Waals surface area (Å²) in [4.78, 5) is 71.8. The van der Waals surface area contributed by atoms with Gasteiger partial charge < -0.3 is 5.11 Å². The van der Waals surface area contributed by atoms with E-state index in [2.05, 4.69) is 5.43 Å². The Morgan fingerprint density at radius 2 is 1.51 bits per heavy atom. The Labute approximate surface area is 310 Å². The van der Waals surface area contributed by atoms with E-state index in [0.29, 0.717) is 44.2 Å². The zero-order valence-electron chi connectivity index (χ0n) is 29.1. The average Bonchev–Trinajstić information content (AvgIpc) is 3.52. The molecule has 0 unspecified atom stereocenters. The molecular formula is C42H35ClFN3O6. The molecule has 0 bridgehead atoms. The molecule has 0 radical (unpaired) electrons. The molecule has 9 nitrogen and oxygen atoms in total. The summed E-state index contributed by atoms with van der Waals surface area (Å²) in [5.41, 5.74) is 5.67. The van der Waals surface area contributed by atoms with E-state index in [1.807, 2.05) is 18.2 Å². The number of phenols is 1. The molecule has 0 spiro atoms. The molecule has 11 heteroatoms. The van der Waals surface area contributed by atoms with E-state index >= 15 is 4.79 Å². The van der Waals surface area contributed by atoms with Gasteiger partial charge in [0, 0.05) is 16.5 Å². The first-order valence-corrected chi connectivity index (χ1v) is 17.9. The van der Waals surface area contributed by atoms with Gasteiger partial charge in [-0.15, -0.1) is 0 Å². The summed E-state index contributed by atoms with van der Waals surface area (Å²) in [6.45, 7) is 4.97. The second-order valence-electron chi connectivity index (χ2n) is 14.5. The van der Waals surface area contributed by atoms with Crippen molar-refractivity contribution in [1.29, 1.82) is 0 Å². The Balaban J connectivity index is 1.32. The number of aryl methyl sites for hydroxylation is 2. The molecule has 8 rings (SSSR count). The fourth-order valence-electron chi connectivity index (χ4n) is 9.29. The van der Waals surface area contributed by atoms with Crippen LogP contribution in [-0.4, -0.2) is 39.5 Å². The molecular weight excluding hydrogens is 697 g/mol. The monoisotopic (exact) mass is 731 g/mol. The number of imide groups is 2. The number of allylic oxidation sites excluding steroid dienone is 2. The predicted octanol–water partition coefficient (Wildman–Crippen LogP) is 7.19. The molecule has 2 aliphatic heterocycles. The number of Topliss-reactive ketones (excluding diaryl/α,β-unsaturated/α-hetero) is 1. The molecule has 4 aliphatic rings. The number of anilines is 2. The Hall–Kier alpha value is -5.61. The summed E-state index contributed by atoms with van der Waals surface area (Å²) in [7, 11) is 0. The largest absolute Gasteiger partial charge is 0.507 e. The fraction of sp³-hybridized carbons (Fsp3) is 0.262. The van der Waals surface area contributed by atoms with Crippen molar-refractivity contribution in [3.63, 3.8) is 0 Å². The highest BCUT2D eigenvalue weighted by atomic mass is 35.5. The highest BCUT2D eigenvalue weighted by molar-refractivity contribution is 6.30. The molecule has 2 saturated heterocycles. The number of hydrogen-bond donors (Lipinski definition) is 2. The van der Waals surface area contributed by atoms with Gasteiger partial charge in [0.15, 0.2) is 5.78 Å². The summed E-state index contributed by atoms with van der Waals surface area (Å²) < 4.78 is 13.9. The number of aromatic hydroxyl groups is 1. The predicted molar refractivity (Wildman–Crippen MR) is 196 cm³/mol. The Morgan fingerprint density at radius 3 is 2.13 bits per heavy atom. The number of halogens is 2. The van der Waals surface area contributed by atoms with Crippen molar-refractivity contribution in [1.82, 2.24) is 5.01 Å². The minimum atomic E-state index is -1.53. The maximum Gasteiger partial charge on any atom is 0.260 e. The number of hydrazine groups is 1. The van der Waals surface area contributed by atoms with Gasteiger partial charge in [-0.2, -0.15) is 5.01 Å². The summed E-state index contributed by atoms with van der Waals surface area (Å²) in [5.74, 6) is -6.26. The van der Waals surface area contributed by atoms with Gasteiger partial charge in [0.1, 0.15) is 11.6 Å². The third kappa shape index (κ3) is 5.14. The molecule has 2 aliphatic carbocycles. The van der Waals surface area contributed by atoms with Gasteiger partial charge in [0.2, 0.25) is 11.8 Å². The Bertz CT molecular complexity index is 2250. The Kier molecular flexibility index (Phi) is 8.14. The third-order valence-electron chi connectivity index (χ3n) is 11.6. The maximum atomic E-state index is 15.3. The number of carbonyl (C=O) groups is 5. The normalized spacial score (nSPS) is 26.3. The van der Waals surface area contributed by atoms with Crippen LogP contribution in [0.4, 0.5) is 15.8 Å². The SMILES string of the molecule is CC(=O)c1ccc(N2C(=O)[C@H]3[C@H](CC=C4[C@H]3C[C@H]3C(=O)N(Nc5ccc(F)cc5)C(=O)[C@@]3(c3ccc(Cl)cc3)[C@H]4c3cc(C)c(O)c(C)c3)C2=O)cc1. The first-order valence-electron chi connectivity index (χ1n) is 17.5. The number of benzene rings is 4. The highest BCUT2D eigenvalue weighted by Crippen LogP contribution is 2.64. The maximum absolute atomic E-state index is 15.3. The van der Waals surface area contributed by atoms with Crippen molar-refractivity contribution in [3.05, 3.63) is 135 Å². The highest BCUT2D eigenvalue weighted by Gasteiger charge is 2.70. The summed E-state index contributed by atoms with van der Waals surface area (Å²) >= 11 is 6.37. The van der Waals surface area contributed by atoms with Gasteiger partial charge in [-0.25, -0.2) is 4.39 Å². The van der Waals surface area contributed by atoms with Crippen molar-refractivity contribution in [2.24, 2.45) is 23.7 Å². The summed E-state index contributed by atoms with van der Waals surface area (Å²) in [6, 6.07) is 22.1. The van der Waals surface area contributed by atoms with Crippen LogP contribution in [0.3, 0.4) is 0 Å². The van der Waals surface area contributed by atoms with Crippen LogP contribution in [0.25, 0.3) is 0 Å². The first-order chi connectivity index (χ1) is 25.3. The number of amides is 4. The zero-order valence-corrected chi connectivity index (χ0v) is 29.9. The van der Waals surface area contributed by atoms with Crippen molar-refractivity contribution >= 4 is 52.4 Å². The topological polar surface area (TPSA) is 124 Å². The van der Waals surface area contributed by atoms with Crippen LogP contribution in [0, 0.1) is 43.3 Å². The van der Waals surface area contributed by atoms with Crippen LogP contribution < -0.4 is 10.3 Å². The molecule has 4 aromatic carbocycles. The quantitative estimate of drug-likeness (QED) is 0.122. The van der Waals surface area contributed by atoms with Crippen LogP contribution in [0.1, 0.15) is 58.3 Å². The van der Waals surface area contributed by atoms with E-state index in [-0.39, 0.29) is 30.3 Å². The lowest BCUT2D eigenvalue weighted by atomic mass is 9.49. The summed E-state index contributed by atoms with van der Waals surface area (Å²) in [6.07, 6.45) is 2.28. The van der Waals surface area contributed by atoms with Gasteiger partial charge in [-0.05, 0) is 122 Å². The summed E-state index contributed by atoms with van der Waals surface area (Å²) in [5, 5.41) is 12.3. The van der Waals surface area contributed by atoms with E-state index in [4.69, 9.17) is 11.6 Å². The molecule has 4 amide bonds. The molecule has 268 valence electrons. The molecule has 2 N–H and O–H groups in total. The zero-order chi connectivity index (χ0) is 37.5. The van der Waals surface area contributed by atoms with Crippen LogP contribution in [0.2, 0.25) is 5.02 Å². The first kappa shape index (κ1) is 34.5. The number of rotatable bonds is 6. The lowest BCUT2D eigenvalue weighted by Gasteiger charge is -2.50. The number of ketones is 1. The van der Waals surface area contributed by atoms with E-state index in [1.54, 1.807) is 62.4 Å². The number of fused-ring (bicyclic) bond motifs is 4. The third-order valence-corrected chi connectivity index (χ3v) is 11.9. The number of hydrogen-bond acceptors (Lipinski definition) is 7. The number of nitrogens with zero attached hydrogens (tertiary/aromatic N) is 2. The molecule has 3 fully saturated rings. The number of carbonyl (C=O) groups excluding carboxylic acids is 5. The van der Waals surface area contributed by atoms with Crippen molar-refractivity contribution in [2.45, 2.75) is 44.9 Å². The van der Waals surface area contributed by atoms with Gasteiger partial charge >= 0.3 is 0 Å². The molecule has 0 aromatic heterocycles. The van der Waals surface area contributed by atoms with E-state index < -0.39 is 58.5 Å². The van der Waals surface area contributed by atoms with Gasteiger partial charge in [-0.1, -0.05) is 47.5 Å². The second-order valence-corrected chi connectivity index (χ2v) is 14.9. The Morgan fingerprint density at radius 1 is 0.868 bits per heavy atom. The van der Waals surface area contributed by atoms with E-state index in [0.717, 1.165) is 10.6 Å². The molecule has 1 saturated carbocycles. The lowest BCUT2D eigenvalue weighted by molar-refractivity contribution is -0.138. The number of nitrogens with one attached hydrogen (secondary N) is 1. The fourth-order valence-corrected chi connectivity index (χ4v) is 9.41. The van der Waals surface area contributed by atoms with E-state index in [1.165, 1.54) is 36.1 Å². The van der Waals surface area contributed by atoms with Gasteiger partial charge in [0.25, 0.3) is 11.8 Å².